The second kappa shape index (κ2) is 6.04. The van der Waals surface area contributed by atoms with E-state index in [2.05, 4.69) is 55.5 Å². The van der Waals surface area contributed by atoms with Gasteiger partial charge in [0.1, 0.15) is 0 Å². The fraction of sp³-hybridized carbons (Fsp3) is 0.316. The third-order valence-corrected chi connectivity index (χ3v) is 3.95. The van der Waals surface area contributed by atoms with E-state index < -0.39 is 0 Å². The van der Waals surface area contributed by atoms with E-state index in [1.807, 2.05) is 0 Å². The van der Waals surface area contributed by atoms with Crippen LogP contribution in [0.1, 0.15) is 38.2 Å². The lowest BCUT2D eigenvalue weighted by molar-refractivity contribution is 0.668. The molecule has 1 aliphatic heterocycles. The first-order valence-electron chi connectivity index (χ1n) is 7.66. The van der Waals surface area contributed by atoms with Crippen molar-refractivity contribution in [1.82, 2.24) is 4.98 Å². The summed E-state index contributed by atoms with van der Waals surface area (Å²) in [4.78, 5) is 4.76. The third kappa shape index (κ3) is 2.53. The summed E-state index contributed by atoms with van der Waals surface area (Å²) in [5.74, 6) is 0. The maximum absolute atomic E-state index is 4.76. The van der Waals surface area contributed by atoms with Crippen molar-refractivity contribution in [1.29, 1.82) is 0 Å². The van der Waals surface area contributed by atoms with Crippen LogP contribution in [-0.4, -0.2) is 4.98 Å². The Morgan fingerprint density at radius 1 is 0.850 bits per heavy atom. The molecular weight excluding hydrogens is 242 g/mol. The van der Waals surface area contributed by atoms with E-state index in [0.717, 1.165) is 17.6 Å². The zero-order chi connectivity index (χ0) is 13.8. The molecule has 0 saturated heterocycles. The molecule has 0 N–H and O–H groups in total. The van der Waals surface area contributed by atoms with Crippen LogP contribution in [0.2, 0.25) is 0 Å². The maximum atomic E-state index is 4.76. The molecule has 1 heteroatoms. The summed E-state index contributed by atoms with van der Waals surface area (Å²) in [6, 6.07) is 17.1. The molecule has 0 fully saturated rings. The second-order valence-electron chi connectivity index (χ2n) is 5.44. The van der Waals surface area contributed by atoms with Crippen molar-refractivity contribution in [3.63, 3.8) is 0 Å². The molecule has 2 aliphatic rings. The Kier molecular flexibility index (Phi) is 3.96. The number of fused-ring (bicyclic) bond motifs is 3. The Balaban J connectivity index is 1.99. The first-order chi connectivity index (χ1) is 9.90. The molecule has 1 heterocycles. The molecule has 20 heavy (non-hydrogen) atoms. The Bertz CT molecular complexity index is 672. The molecular formula is C19H21N. The number of unbranched alkanes of at least 4 members (excludes halogenated alkanes) is 3. The largest absolute Gasteiger partial charge is 0.248 e. The summed E-state index contributed by atoms with van der Waals surface area (Å²) in [5.41, 5.74) is 4.98. The van der Waals surface area contributed by atoms with E-state index in [-0.39, 0.29) is 0 Å². The topological polar surface area (TPSA) is 12.9 Å². The highest BCUT2D eigenvalue weighted by molar-refractivity contribution is 5.99. The molecule has 1 aromatic carbocycles. The van der Waals surface area contributed by atoms with Crippen molar-refractivity contribution in [3.8, 4) is 11.3 Å². The SMILES string of the molecule is CCCCCCc1cccc2nc3cccccc-3c12. The van der Waals surface area contributed by atoms with E-state index >= 15 is 0 Å². The van der Waals surface area contributed by atoms with Gasteiger partial charge in [-0.25, -0.2) is 4.98 Å². The third-order valence-electron chi connectivity index (χ3n) is 3.95. The van der Waals surface area contributed by atoms with Crippen LogP contribution >= 0.6 is 0 Å². The molecule has 0 unspecified atom stereocenters. The highest BCUT2D eigenvalue weighted by atomic mass is 14.7. The number of hydrogen-bond donors (Lipinski definition) is 0. The molecule has 0 aromatic heterocycles. The molecule has 3 rings (SSSR count). The number of benzene rings is 1. The lowest BCUT2D eigenvalue weighted by atomic mass is 9.99. The normalized spacial score (nSPS) is 11.2. The van der Waals surface area contributed by atoms with Gasteiger partial charge in [0.25, 0.3) is 0 Å². The van der Waals surface area contributed by atoms with Crippen LogP contribution in [0.15, 0.2) is 48.5 Å². The highest BCUT2D eigenvalue weighted by Gasteiger charge is 2.12. The molecule has 0 spiro atoms. The summed E-state index contributed by atoms with van der Waals surface area (Å²) in [5, 5.41) is 1.36. The Morgan fingerprint density at radius 2 is 1.75 bits per heavy atom. The van der Waals surface area contributed by atoms with Crippen LogP contribution in [0, 0.1) is 0 Å². The predicted molar refractivity (Wildman–Crippen MR) is 86.2 cm³/mol. The zero-order valence-corrected chi connectivity index (χ0v) is 12.1. The van der Waals surface area contributed by atoms with Crippen LogP contribution in [0.25, 0.3) is 22.2 Å². The van der Waals surface area contributed by atoms with Gasteiger partial charge in [-0.05, 0) is 30.5 Å². The minimum Gasteiger partial charge on any atom is -0.248 e. The van der Waals surface area contributed by atoms with Gasteiger partial charge in [-0.2, -0.15) is 0 Å². The Labute approximate surface area is 121 Å². The van der Waals surface area contributed by atoms with Gasteiger partial charge in [0.2, 0.25) is 0 Å². The van der Waals surface area contributed by atoms with Crippen LogP contribution < -0.4 is 0 Å². The van der Waals surface area contributed by atoms with Crippen molar-refractivity contribution in [2.75, 3.05) is 0 Å². The van der Waals surface area contributed by atoms with Gasteiger partial charge in [0.15, 0.2) is 0 Å². The van der Waals surface area contributed by atoms with Crippen LogP contribution in [-0.2, 0) is 6.42 Å². The summed E-state index contributed by atoms with van der Waals surface area (Å²) in [6.45, 7) is 2.26. The van der Waals surface area contributed by atoms with Gasteiger partial charge >= 0.3 is 0 Å². The minimum absolute atomic E-state index is 1.10. The average molecular weight is 263 g/mol. The number of nitrogens with zero attached hydrogens (tertiary/aromatic N) is 1. The van der Waals surface area contributed by atoms with Crippen molar-refractivity contribution in [3.05, 3.63) is 54.1 Å². The summed E-state index contributed by atoms with van der Waals surface area (Å²) < 4.78 is 0. The van der Waals surface area contributed by atoms with E-state index in [4.69, 9.17) is 4.98 Å². The van der Waals surface area contributed by atoms with E-state index in [9.17, 15) is 0 Å². The molecule has 0 amide bonds. The molecule has 0 atom stereocenters. The minimum atomic E-state index is 1.10. The predicted octanol–water partition coefficient (Wildman–Crippen LogP) is 5.46. The first kappa shape index (κ1) is 13.1. The maximum Gasteiger partial charge on any atom is 0.0719 e. The fourth-order valence-electron chi connectivity index (χ4n) is 2.92. The molecule has 0 radical (unpaired) electrons. The van der Waals surface area contributed by atoms with Gasteiger partial charge in [-0.3, -0.25) is 0 Å². The molecule has 0 saturated carbocycles. The molecule has 1 nitrogen and oxygen atoms in total. The van der Waals surface area contributed by atoms with Gasteiger partial charge in [-0.1, -0.05) is 62.6 Å². The summed E-state index contributed by atoms with van der Waals surface area (Å²) >= 11 is 0. The van der Waals surface area contributed by atoms with Crippen molar-refractivity contribution >= 4 is 10.9 Å². The number of rotatable bonds is 5. The number of aryl methyl sites for hydroxylation is 1. The fourth-order valence-corrected chi connectivity index (χ4v) is 2.92. The Morgan fingerprint density at radius 3 is 2.65 bits per heavy atom. The van der Waals surface area contributed by atoms with E-state index in [1.165, 1.54) is 42.2 Å². The van der Waals surface area contributed by atoms with Crippen LogP contribution in [0.4, 0.5) is 0 Å². The van der Waals surface area contributed by atoms with E-state index in [0.29, 0.717) is 0 Å². The van der Waals surface area contributed by atoms with E-state index in [1.54, 1.807) is 0 Å². The molecule has 1 aromatic rings. The van der Waals surface area contributed by atoms with Gasteiger partial charge in [0, 0.05) is 10.9 Å². The van der Waals surface area contributed by atoms with Crippen molar-refractivity contribution in [2.24, 2.45) is 0 Å². The van der Waals surface area contributed by atoms with Crippen LogP contribution in [0.3, 0.4) is 0 Å². The number of aromatic nitrogens is 1. The smallest absolute Gasteiger partial charge is 0.0719 e. The van der Waals surface area contributed by atoms with Gasteiger partial charge in [0.05, 0.1) is 11.2 Å². The lowest BCUT2D eigenvalue weighted by Gasteiger charge is -2.04. The molecule has 0 bridgehead atoms. The quantitative estimate of drug-likeness (QED) is 0.557. The average Bonchev–Trinajstić information content (AvgIpc) is 2.66. The zero-order valence-electron chi connectivity index (χ0n) is 12.1. The van der Waals surface area contributed by atoms with Crippen molar-refractivity contribution < 1.29 is 0 Å². The van der Waals surface area contributed by atoms with Gasteiger partial charge in [-0.15, -0.1) is 0 Å². The van der Waals surface area contributed by atoms with Gasteiger partial charge < -0.3 is 0 Å². The summed E-state index contributed by atoms with van der Waals surface area (Å²) in [6.07, 6.45) is 6.40. The second-order valence-corrected chi connectivity index (χ2v) is 5.44. The molecule has 1 aliphatic carbocycles. The lowest BCUT2D eigenvalue weighted by Crippen LogP contribution is -1.87. The molecule has 102 valence electrons. The van der Waals surface area contributed by atoms with Crippen LogP contribution in [0.5, 0.6) is 0 Å². The standard InChI is InChI=1S/C19H21N/c1-2-3-4-6-10-15-11-9-14-18-19(15)16-12-7-5-8-13-17(16)20-18/h5,7-9,11-14H,2-4,6,10H2,1H3. The first-order valence-corrected chi connectivity index (χ1v) is 7.66. The summed E-state index contributed by atoms with van der Waals surface area (Å²) in [7, 11) is 0. The monoisotopic (exact) mass is 263 g/mol. The Hall–Kier alpha value is -1.89. The highest BCUT2D eigenvalue weighted by Crippen LogP contribution is 2.33. The number of hydrogen-bond acceptors (Lipinski definition) is 1. The van der Waals surface area contributed by atoms with Crippen molar-refractivity contribution in [2.45, 2.75) is 39.0 Å².